The SMILES string of the molecule is CC(N)=NCCCOc1ccc(CCCCCC(=N)CC(=O)c2nc(Cl)c(N)nc2N)c2c1CCCC2.N=C(CCCCCc1ccc(OCCCN)c2c1CCCC2)CC(=O)c1nc(Cl)c(N)nc1N. The molecule has 2 aromatic heterocycles. The van der Waals surface area contributed by atoms with Crippen molar-refractivity contribution < 1.29 is 19.1 Å². The summed E-state index contributed by atoms with van der Waals surface area (Å²) in [5, 5.41) is 16.2. The number of unbranched alkanes of at least 4 members (excludes halogenated alkanes) is 4. The molecule has 0 fully saturated rings. The van der Waals surface area contributed by atoms with Gasteiger partial charge in [-0.05, 0) is 168 Å². The van der Waals surface area contributed by atoms with Gasteiger partial charge in [0.2, 0.25) is 0 Å². The van der Waals surface area contributed by atoms with Gasteiger partial charge in [-0.3, -0.25) is 14.6 Å². The van der Waals surface area contributed by atoms with Crippen LogP contribution in [0.5, 0.6) is 11.5 Å². The van der Waals surface area contributed by atoms with E-state index in [1.807, 2.05) is 0 Å². The third kappa shape index (κ3) is 17.4. The molecule has 0 radical (unpaired) electrons. The fraction of sp³-hybridized carbons (Fsp3) is 0.519. The number of ketones is 2. The molecule has 2 heterocycles. The van der Waals surface area contributed by atoms with Crippen molar-refractivity contribution in [2.75, 3.05) is 49.2 Å². The predicted molar refractivity (Wildman–Crippen MR) is 287 cm³/mol. The lowest BCUT2D eigenvalue weighted by Crippen LogP contribution is -2.14. The first-order valence-corrected chi connectivity index (χ1v) is 25.8. The van der Waals surface area contributed by atoms with Crippen LogP contribution >= 0.6 is 23.2 Å². The Morgan fingerprint density at radius 3 is 1.44 bits per heavy atom. The van der Waals surface area contributed by atoms with Gasteiger partial charge in [0.05, 0.1) is 31.9 Å². The summed E-state index contributed by atoms with van der Waals surface area (Å²) in [6.07, 6.45) is 19.8. The van der Waals surface area contributed by atoms with E-state index in [-0.39, 0.29) is 69.4 Å². The van der Waals surface area contributed by atoms with Crippen LogP contribution in [0.15, 0.2) is 29.3 Å². The molecule has 71 heavy (non-hydrogen) atoms. The molecular weight excluding hydrogens is 942 g/mol. The lowest BCUT2D eigenvalue weighted by atomic mass is 9.86. The van der Waals surface area contributed by atoms with Crippen molar-refractivity contribution in [3.8, 4) is 11.5 Å². The van der Waals surface area contributed by atoms with Gasteiger partial charge >= 0.3 is 0 Å². The fourth-order valence-electron chi connectivity index (χ4n) is 9.01. The van der Waals surface area contributed by atoms with Crippen LogP contribution in [0.25, 0.3) is 0 Å². The predicted octanol–water partition coefficient (Wildman–Crippen LogP) is 9.01. The number of Topliss-reactive ketones (excluding diaryl/α,β-unsaturated/α-hetero) is 2. The van der Waals surface area contributed by atoms with E-state index >= 15 is 0 Å². The summed E-state index contributed by atoms with van der Waals surface area (Å²) >= 11 is 11.7. The van der Waals surface area contributed by atoms with Gasteiger partial charge in [0.1, 0.15) is 11.5 Å². The number of aromatic nitrogens is 4. The molecule has 17 nitrogen and oxygen atoms in total. The summed E-state index contributed by atoms with van der Waals surface area (Å²) in [6, 6.07) is 8.67. The average Bonchev–Trinajstić information content (AvgIpc) is 3.34. The summed E-state index contributed by atoms with van der Waals surface area (Å²) in [5.74, 6) is 1.77. The molecule has 0 bridgehead atoms. The third-order valence-corrected chi connectivity index (χ3v) is 13.2. The highest BCUT2D eigenvalue weighted by molar-refractivity contribution is 6.32. The number of amidine groups is 1. The minimum absolute atomic E-state index is 0.0131. The van der Waals surface area contributed by atoms with E-state index in [1.165, 1.54) is 59.1 Å². The number of aryl methyl sites for hydroxylation is 2. The van der Waals surface area contributed by atoms with E-state index in [1.54, 1.807) is 6.92 Å². The molecular formula is C52H73Cl2N13O4. The molecule has 0 saturated carbocycles. The second-order valence-corrected chi connectivity index (χ2v) is 19.0. The molecule has 2 aromatic carbocycles. The summed E-state index contributed by atoms with van der Waals surface area (Å²) in [7, 11) is 0. The normalized spacial score (nSPS) is 13.1. The molecule has 2 aliphatic carbocycles. The maximum Gasteiger partial charge on any atom is 0.190 e. The van der Waals surface area contributed by atoms with Crippen molar-refractivity contribution in [3.63, 3.8) is 0 Å². The standard InChI is InChI=1S/C27H38ClN7O2.C25H35ClN6O2/c1-17(29)33-14-7-15-37-23-13-12-18(20-10-5-6-11-21(20)23)8-3-2-4-9-19(30)16-22(36)24-26(31)35-27(32)25(28)34-24;26-23-25(30)32-24(29)22(31-23)20(33)15-17(28)8-3-1-2-7-16-11-12-21(34-14-6-13-27)19-10-5-4-9-18(16)19/h12-13,30H,2-11,14-16H2,1H3,(H2,29,33)(H4,31,32,35);11-12,28H,1-10,13-15,27H2,(H4,29,30,32). The Morgan fingerprint density at radius 1 is 0.592 bits per heavy atom. The minimum Gasteiger partial charge on any atom is -0.493 e. The summed E-state index contributed by atoms with van der Waals surface area (Å²) in [4.78, 5) is 44.6. The van der Waals surface area contributed by atoms with Gasteiger partial charge in [0, 0.05) is 24.4 Å². The summed E-state index contributed by atoms with van der Waals surface area (Å²) < 4.78 is 12.1. The van der Waals surface area contributed by atoms with Crippen molar-refractivity contribution in [2.24, 2.45) is 16.5 Å². The summed E-state index contributed by atoms with van der Waals surface area (Å²) in [6.45, 7) is 4.44. The highest BCUT2D eigenvalue weighted by Crippen LogP contribution is 2.35. The number of nitrogen functional groups attached to an aromatic ring is 4. The van der Waals surface area contributed by atoms with Crippen molar-refractivity contribution >= 4 is 75.3 Å². The van der Waals surface area contributed by atoms with E-state index in [4.69, 9.17) is 77.9 Å². The maximum atomic E-state index is 12.5. The Bertz CT molecular complexity index is 2510. The first-order chi connectivity index (χ1) is 34.2. The van der Waals surface area contributed by atoms with Crippen molar-refractivity contribution in [3.05, 3.63) is 79.3 Å². The zero-order valence-electron chi connectivity index (χ0n) is 41.3. The highest BCUT2D eigenvalue weighted by atomic mass is 35.5. The number of nitrogens with two attached hydrogens (primary N) is 6. The number of benzene rings is 2. The fourth-order valence-corrected chi connectivity index (χ4v) is 9.26. The quantitative estimate of drug-likeness (QED) is 0.0120. The van der Waals surface area contributed by atoms with Crippen LogP contribution in [0.2, 0.25) is 10.3 Å². The van der Waals surface area contributed by atoms with Gasteiger partial charge < -0.3 is 54.7 Å². The largest absolute Gasteiger partial charge is 0.493 e. The number of hydrogen-bond donors (Lipinski definition) is 8. The number of aliphatic imine (C=N–C) groups is 1. The minimum atomic E-state index is -0.368. The number of nitrogens with one attached hydrogen (secondary N) is 2. The molecule has 4 aromatic rings. The number of carbonyl (C=O) groups is 2. The molecule has 0 amide bonds. The number of halogens is 2. The first-order valence-electron chi connectivity index (χ1n) is 25.0. The monoisotopic (exact) mass is 1010 g/mol. The molecule has 0 unspecified atom stereocenters. The zero-order valence-corrected chi connectivity index (χ0v) is 42.8. The van der Waals surface area contributed by atoms with Gasteiger partial charge in [-0.25, -0.2) is 19.9 Å². The topological polar surface area (TPSA) is 320 Å². The van der Waals surface area contributed by atoms with Crippen LogP contribution in [0.1, 0.15) is 164 Å². The number of hydrogen-bond acceptors (Lipinski definition) is 16. The molecule has 0 spiro atoms. The second kappa shape index (κ2) is 28.8. The van der Waals surface area contributed by atoms with Crippen LogP contribution in [0, 0.1) is 10.8 Å². The molecule has 0 saturated heterocycles. The molecule has 6 rings (SSSR count). The van der Waals surface area contributed by atoms with Crippen LogP contribution in [0.4, 0.5) is 23.3 Å². The number of anilines is 4. The Balaban J connectivity index is 0.000000265. The Hall–Kier alpha value is -5.91. The van der Waals surface area contributed by atoms with Crippen LogP contribution < -0.4 is 43.9 Å². The van der Waals surface area contributed by atoms with Crippen LogP contribution in [0.3, 0.4) is 0 Å². The zero-order chi connectivity index (χ0) is 51.3. The van der Waals surface area contributed by atoms with Gasteiger partial charge in [0.15, 0.2) is 56.5 Å². The second-order valence-electron chi connectivity index (χ2n) is 18.3. The Morgan fingerprint density at radius 2 is 1.01 bits per heavy atom. The maximum absolute atomic E-state index is 12.5. The number of fused-ring (bicyclic) bond motifs is 2. The highest BCUT2D eigenvalue weighted by Gasteiger charge is 2.22. The van der Waals surface area contributed by atoms with E-state index < -0.39 is 0 Å². The smallest absolute Gasteiger partial charge is 0.190 e. The van der Waals surface area contributed by atoms with Crippen LogP contribution in [-0.4, -0.2) is 75.1 Å². The number of nitrogens with zero attached hydrogens (tertiary/aromatic N) is 5. The van der Waals surface area contributed by atoms with E-state index in [2.05, 4.69) is 49.2 Å². The first kappa shape index (κ1) is 56.0. The third-order valence-electron chi connectivity index (χ3n) is 12.6. The van der Waals surface area contributed by atoms with Crippen LogP contribution in [-0.2, 0) is 38.5 Å². The molecule has 14 N–H and O–H groups in total. The van der Waals surface area contributed by atoms with Crippen molar-refractivity contribution in [1.29, 1.82) is 10.8 Å². The molecule has 384 valence electrons. The molecule has 2 aliphatic rings. The molecule has 0 aliphatic heterocycles. The number of carbonyl (C=O) groups excluding carboxylic acids is 2. The lowest BCUT2D eigenvalue weighted by molar-refractivity contribution is 0.0987. The lowest BCUT2D eigenvalue weighted by Gasteiger charge is -2.23. The average molecular weight is 1020 g/mol. The van der Waals surface area contributed by atoms with Gasteiger partial charge in [-0.15, -0.1) is 0 Å². The van der Waals surface area contributed by atoms with E-state index in [0.717, 1.165) is 101 Å². The molecule has 19 heteroatoms. The van der Waals surface area contributed by atoms with Gasteiger partial charge in [0.25, 0.3) is 0 Å². The van der Waals surface area contributed by atoms with Gasteiger partial charge in [-0.1, -0.05) is 48.2 Å². The molecule has 0 atom stereocenters. The van der Waals surface area contributed by atoms with Gasteiger partial charge in [-0.2, -0.15) is 0 Å². The number of rotatable bonds is 27. The van der Waals surface area contributed by atoms with E-state index in [0.29, 0.717) is 56.4 Å². The Kier molecular flexibility index (Phi) is 22.7. The van der Waals surface area contributed by atoms with Crippen molar-refractivity contribution in [1.82, 2.24) is 19.9 Å². The summed E-state index contributed by atoms with van der Waals surface area (Å²) in [5.41, 5.74) is 42.9. The van der Waals surface area contributed by atoms with Crippen molar-refractivity contribution in [2.45, 2.75) is 148 Å². The van der Waals surface area contributed by atoms with E-state index in [9.17, 15) is 9.59 Å². The Labute approximate surface area is 428 Å². The number of ether oxygens (including phenoxy) is 2.